The molecule has 9 nitrogen and oxygen atoms in total. The van der Waals surface area contributed by atoms with Gasteiger partial charge >= 0.3 is 6.09 Å². The summed E-state index contributed by atoms with van der Waals surface area (Å²) in [7, 11) is 1.55. The lowest BCUT2D eigenvalue weighted by Gasteiger charge is -2.44. The zero-order valence-corrected chi connectivity index (χ0v) is 25.1. The molecule has 2 N–H and O–H groups in total. The number of aromatic nitrogens is 2. The summed E-state index contributed by atoms with van der Waals surface area (Å²) in [5.74, 6) is -1.64. The molecule has 0 saturated carbocycles. The summed E-state index contributed by atoms with van der Waals surface area (Å²) in [5, 5.41) is 0. The maximum absolute atomic E-state index is 14.2. The third kappa shape index (κ3) is 8.04. The molecule has 0 aliphatic carbocycles. The van der Waals surface area contributed by atoms with E-state index in [4.69, 9.17) is 19.9 Å². The van der Waals surface area contributed by atoms with Crippen molar-refractivity contribution in [3.63, 3.8) is 0 Å². The number of primary amides is 1. The van der Waals surface area contributed by atoms with Crippen LogP contribution in [0.5, 0.6) is 5.88 Å². The van der Waals surface area contributed by atoms with Gasteiger partial charge in [0.25, 0.3) is 0 Å². The third-order valence-electron chi connectivity index (χ3n) is 7.28. The molecule has 3 heterocycles. The van der Waals surface area contributed by atoms with Crippen LogP contribution in [0.4, 0.5) is 13.6 Å². The van der Waals surface area contributed by atoms with E-state index < -0.39 is 41.4 Å². The van der Waals surface area contributed by atoms with Gasteiger partial charge in [-0.05, 0) is 81.8 Å². The van der Waals surface area contributed by atoms with Gasteiger partial charge in [0.15, 0.2) is 6.10 Å². The number of rotatable bonds is 9. The largest absolute Gasteiger partial charge is 0.481 e. The van der Waals surface area contributed by atoms with Gasteiger partial charge in [-0.25, -0.2) is 18.6 Å². The number of methoxy groups -OCH3 is 1. The number of benzene rings is 1. The molecule has 2 amide bonds. The van der Waals surface area contributed by atoms with Crippen molar-refractivity contribution in [1.29, 1.82) is 0 Å². The molecule has 1 unspecified atom stereocenters. The van der Waals surface area contributed by atoms with Crippen molar-refractivity contribution in [3.05, 3.63) is 71.4 Å². The van der Waals surface area contributed by atoms with E-state index in [9.17, 15) is 18.4 Å². The maximum Gasteiger partial charge on any atom is 0.410 e. The van der Waals surface area contributed by atoms with E-state index in [1.54, 1.807) is 40.1 Å². The van der Waals surface area contributed by atoms with E-state index in [0.29, 0.717) is 25.1 Å². The molecule has 0 bridgehead atoms. The molecule has 230 valence electrons. The van der Waals surface area contributed by atoms with E-state index >= 15 is 0 Å². The maximum atomic E-state index is 14.2. The van der Waals surface area contributed by atoms with Crippen LogP contribution in [-0.4, -0.2) is 64.4 Å². The molecule has 0 spiro atoms. The normalized spacial score (nSPS) is 20.7. The Bertz CT molecular complexity index is 1490. The minimum atomic E-state index is -1.12. The highest BCUT2D eigenvalue weighted by Crippen LogP contribution is 2.33. The smallest absolute Gasteiger partial charge is 0.410 e. The Labute approximate surface area is 250 Å². The summed E-state index contributed by atoms with van der Waals surface area (Å²) >= 11 is 0. The average molecular weight is 597 g/mol. The summed E-state index contributed by atoms with van der Waals surface area (Å²) in [4.78, 5) is 36.5. The van der Waals surface area contributed by atoms with Crippen molar-refractivity contribution >= 4 is 29.1 Å². The van der Waals surface area contributed by atoms with Crippen molar-refractivity contribution in [3.8, 4) is 5.88 Å². The molecule has 2 aromatic heterocycles. The zero-order chi connectivity index (χ0) is 31.3. The average Bonchev–Trinajstić information content (AvgIpc) is 2.94. The number of hydrogen-bond donors (Lipinski definition) is 1. The van der Waals surface area contributed by atoms with Gasteiger partial charge < -0.3 is 19.9 Å². The minimum Gasteiger partial charge on any atom is -0.481 e. The standard InChI is InChI=1S/C32H38F2N4O5/c1-19-17-23(10-8-20-14-15-36-25-12-13-26(41-5)37-27(20)25)42-29(30(35)39)28(19)38(31(40)43-32(2,3)4)16-6-7-21-18-22(33)9-11-24(21)34/h6-7,9,11-15,18-19,23,28-29H,8,10,16-17H2,1-5H3,(H2,35,39)/t19?,23-,28-,29-/m1/s1. The fourth-order valence-corrected chi connectivity index (χ4v) is 5.35. The fraction of sp³-hybridized carbons (Fsp3) is 0.438. The van der Waals surface area contributed by atoms with Gasteiger partial charge in [0, 0.05) is 24.4 Å². The van der Waals surface area contributed by atoms with Crippen LogP contribution in [0, 0.1) is 17.6 Å². The summed E-state index contributed by atoms with van der Waals surface area (Å²) in [6.07, 6.45) is 4.22. The lowest BCUT2D eigenvalue weighted by atomic mass is 9.85. The predicted octanol–water partition coefficient (Wildman–Crippen LogP) is 5.45. The van der Waals surface area contributed by atoms with Crippen LogP contribution >= 0.6 is 0 Å². The fourth-order valence-electron chi connectivity index (χ4n) is 5.35. The van der Waals surface area contributed by atoms with Crippen molar-refractivity contribution in [2.75, 3.05) is 13.7 Å². The number of pyridine rings is 2. The number of aryl methyl sites for hydroxylation is 1. The number of nitrogens with two attached hydrogens (primary N) is 1. The number of carbonyl (C=O) groups is 2. The molecule has 1 saturated heterocycles. The number of ether oxygens (including phenoxy) is 3. The van der Waals surface area contributed by atoms with E-state index in [2.05, 4.69) is 9.97 Å². The Balaban J connectivity index is 1.55. The highest BCUT2D eigenvalue weighted by atomic mass is 19.1. The molecule has 43 heavy (non-hydrogen) atoms. The van der Waals surface area contributed by atoms with Crippen molar-refractivity contribution in [2.24, 2.45) is 11.7 Å². The summed E-state index contributed by atoms with van der Waals surface area (Å²) < 4.78 is 45.1. The molecule has 4 atom stereocenters. The van der Waals surface area contributed by atoms with E-state index in [-0.39, 0.29) is 24.1 Å². The van der Waals surface area contributed by atoms with E-state index in [0.717, 1.165) is 34.8 Å². The molecule has 4 rings (SSSR count). The summed E-state index contributed by atoms with van der Waals surface area (Å²) in [5.41, 5.74) is 7.47. The molecule has 3 aromatic rings. The quantitative estimate of drug-likeness (QED) is 0.349. The summed E-state index contributed by atoms with van der Waals surface area (Å²) in [6.45, 7) is 7.08. The Hall–Kier alpha value is -4.12. The first-order valence-corrected chi connectivity index (χ1v) is 14.2. The molecular weight excluding hydrogens is 558 g/mol. The highest BCUT2D eigenvalue weighted by molar-refractivity contribution is 5.81. The van der Waals surface area contributed by atoms with Crippen molar-refractivity contribution in [2.45, 2.75) is 70.8 Å². The predicted molar refractivity (Wildman–Crippen MR) is 158 cm³/mol. The Morgan fingerprint density at radius 3 is 2.65 bits per heavy atom. The topological polar surface area (TPSA) is 117 Å². The van der Waals surface area contributed by atoms with Gasteiger partial charge in [0.2, 0.25) is 11.8 Å². The monoisotopic (exact) mass is 596 g/mol. The van der Waals surface area contributed by atoms with Gasteiger partial charge in [0.1, 0.15) is 17.2 Å². The first-order chi connectivity index (χ1) is 20.4. The van der Waals surface area contributed by atoms with Gasteiger partial charge in [-0.2, -0.15) is 0 Å². The Morgan fingerprint density at radius 1 is 1.19 bits per heavy atom. The van der Waals surface area contributed by atoms with E-state index in [1.165, 1.54) is 17.1 Å². The van der Waals surface area contributed by atoms with Crippen LogP contribution in [0.3, 0.4) is 0 Å². The highest BCUT2D eigenvalue weighted by Gasteiger charge is 2.45. The first-order valence-electron chi connectivity index (χ1n) is 14.2. The van der Waals surface area contributed by atoms with Crippen LogP contribution in [-0.2, 0) is 20.7 Å². The van der Waals surface area contributed by atoms with E-state index in [1.807, 2.05) is 19.1 Å². The molecular formula is C32H38F2N4O5. The van der Waals surface area contributed by atoms with Crippen LogP contribution < -0.4 is 10.5 Å². The number of carbonyl (C=O) groups excluding carboxylic acids is 2. The number of fused-ring (bicyclic) bond motifs is 1. The third-order valence-corrected chi connectivity index (χ3v) is 7.28. The molecule has 1 aliphatic heterocycles. The first kappa shape index (κ1) is 31.8. The van der Waals surface area contributed by atoms with Gasteiger partial charge in [-0.15, -0.1) is 0 Å². The lowest BCUT2D eigenvalue weighted by molar-refractivity contribution is -0.154. The molecule has 1 fully saturated rings. The molecule has 1 aliphatic rings. The van der Waals surface area contributed by atoms with Crippen LogP contribution in [0.25, 0.3) is 17.1 Å². The second kappa shape index (κ2) is 13.5. The molecule has 1 aromatic carbocycles. The molecule has 0 radical (unpaired) electrons. The second-order valence-corrected chi connectivity index (χ2v) is 11.7. The van der Waals surface area contributed by atoms with Crippen molar-refractivity contribution < 1.29 is 32.6 Å². The van der Waals surface area contributed by atoms with Crippen molar-refractivity contribution in [1.82, 2.24) is 14.9 Å². The minimum absolute atomic E-state index is 0.0272. The molecule has 11 heteroatoms. The van der Waals surface area contributed by atoms with Gasteiger partial charge in [-0.3, -0.25) is 14.7 Å². The van der Waals surface area contributed by atoms with Gasteiger partial charge in [0.05, 0.1) is 30.3 Å². The summed E-state index contributed by atoms with van der Waals surface area (Å²) in [6, 6.07) is 7.86. The zero-order valence-electron chi connectivity index (χ0n) is 25.1. The number of nitrogens with zero attached hydrogens (tertiary/aromatic N) is 3. The second-order valence-electron chi connectivity index (χ2n) is 11.7. The Kier molecular flexibility index (Phi) is 9.95. The van der Waals surface area contributed by atoms with Crippen LogP contribution in [0.2, 0.25) is 0 Å². The number of amides is 2. The van der Waals surface area contributed by atoms with Gasteiger partial charge in [-0.1, -0.05) is 19.1 Å². The SMILES string of the molecule is COc1ccc2nccc(CC[C@@H]3CC(C)[C@@H](N(CC=Cc4cc(F)ccc4F)C(=O)OC(C)(C)C)[C@H](C(N)=O)O3)c2n1. The Morgan fingerprint density at radius 2 is 1.95 bits per heavy atom. The van der Waals surface area contributed by atoms with Crippen LogP contribution in [0.15, 0.2) is 48.7 Å². The van der Waals surface area contributed by atoms with Crippen LogP contribution in [0.1, 0.15) is 51.7 Å². The number of halogens is 2. The lowest BCUT2D eigenvalue weighted by Crippen LogP contribution is -2.60. The number of hydrogen-bond acceptors (Lipinski definition) is 7.